The first kappa shape index (κ1) is 15.6. The van der Waals surface area contributed by atoms with Crippen LogP contribution < -0.4 is 10.2 Å². The predicted molar refractivity (Wildman–Crippen MR) is 88.5 cm³/mol. The van der Waals surface area contributed by atoms with Gasteiger partial charge in [-0.25, -0.2) is 0 Å². The maximum absolute atomic E-state index is 4.61. The second-order valence-corrected chi connectivity index (χ2v) is 5.29. The molecule has 0 spiro atoms. The minimum Gasteiger partial charge on any atom is -0.353 e. The maximum atomic E-state index is 4.61. The fourth-order valence-corrected chi connectivity index (χ4v) is 2.68. The van der Waals surface area contributed by atoms with E-state index in [4.69, 9.17) is 0 Å². The van der Waals surface area contributed by atoms with Crippen molar-refractivity contribution < 1.29 is 0 Å². The molecule has 1 heterocycles. The van der Waals surface area contributed by atoms with Crippen molar-refractivity contribution in [1.82, 2.24) is 15.1 Å². The highest BCUT2D eigenvalue weighted by molar-refractivity contribution is 5.50. The number of benzene rings is 1. The number of nitrogens with zero attached hydrogens (tertiary/aromatic N) is 3. The lowest BCUT2D eigenvalue weighted by atomic mass is 10.2. The molecule has 2 rings (SSSR count). The molecule has 0 aliphatic carbocycles. The zero-order chi connectivity index (χ0) is 15.2. The lowest BCUT2D eigenvalue weighted by molar-refractivity contribution is 0.692. The summed E-state index contributed by atoms with van der Waals surface area (Å²) in [4.78, 5) is 2.39. The zero-order valence-corrected chi connectivity index (χ0v) is 13.6. The number of hydrogen-bond donors (Lipinski definition) is 1. The molecule has 0 fully saturated rings. The van der Waals surface area contributed by atoms with E-state index >= 15 is 0 Å². The van der Waals surface area contributed by atoms with Gasteiger partial charge in [-0.05, 0) is 26.0 Å². The van der Waals surface area contributed by atoms with Gasteiger partial charge in [0, 0.05) is 32.2 Å². The molecule has 114 valence electrons. The number of nitrogens with one attached hydrogen (secondary N) is 1. The van der Waals surface area contributed by atoms with Crippen LogP contribution in [0.1, 0.15) is 30.7 Å². The van der Waals surface area contributed by atoms with Crippen LogP contribution in [0.15, 0.2) is 30.3 Å². The van der Waals surface area contributed by atoms with Gasteiger partial charge in [0.1, 0.15) is 5.82 Å². The number of aryl methyl sites for hydroxylation is 2. The Balaban J connectivity index is 2.28. The maximum Gasteiger partial charge on any atom is 0.131 e. The van der Waals surface area contributed by atoms with Gasteiger partial charge in [0.05, 0.1) is 5.69 Å². The van der Waals surface area contributed by atoms with E-state index in [2.05, 4.69) is 66.4 Å². The van der Waals surface area contributed by atoms with Gasteiger partial charge in [0.25, 0.3) is 0 Å². The Morgan fingerprint density at radius 3 is 2.52 bits per heavy atom. The Labute approximate surface area is 127 Å². The Morgan fingerprint density at radius 1 is 1.19 bits per heavy atom. The monoisotopic (exact) mass is 286 g/mol. The first-order chi connectivity index (χ1) is 10.2. The molecule has 4 heteroatoms. The van der Waals surface area contributed by atoms with E-state index in [1.807, 2.05) is 11.7 Å². The second kappa shape index (κ2) is 7.27. The van der Waals surface area contributed by atoms with E-state index in [1.54, 1.807) is 0 Å². The number of aromatic nitrogens is 2. The molecule has 0 aliphatic heterocycles. The van der Waals surface area contributed by atoms with Crippen molar-refractivity contribution in [3.63, 3.8) is 0 Å². The molecule has 0 saturated heterocycles. The number of rotatable bonds is 7. The fraction of sp³-hybridized carbons (Fsp3) is 0.471. The summed E-state index contributed by atoms with van der Waals surface area (Å²) in [7, 11) is 2.03. The van der Waals surface area contributed by atoms with Gasteiger partial charge in [-0.3, -0.25) is 4.68 Å². The molecular formula is C17H26N4. The van der Waals surface area contributed by atoms with Crippen molar-refractivity contribution in [3.8, 4) is 0 Å². The van der Waals surface area contributed by atoms with Crippen LogP contribution in [0.25, 0.3) is 0 Å². The van der Waals surface area contributed by atoms with Gasteiger partial charge in [-0.2, -0.15) is 5.10 Å². The van der Waals surface area contributed by atoms with Gasteiger partial charge < -0.3 is 10.2 Å². The summed E-state index contributed by atoms with van der Waals surface area (Å²) in [6, 6.07) is 10.6. The van der Waals surface area contributed by atoms with E-state index in [0.29, 0.717) is 0 Å². The summed E-state index contributed by atoms with van der Waals surface area (Å²) in [5.41, 5.74) is 3.74. The third-order valence-electron chi connectivity index (χ3n) is 3.76. The van der Waals surface area contributed by atoms with E-state index in [-0.39, 0.29) is 0 Å². The molecule has 2 aromatic rings. The molecule has 1 aromatic heterocycles. The summed E-state index contributed by atoms with van der Waals surface area (Å²) < 4.78 is 2.01. The SMILES string of the molecule is CCNCc1c(C)nn(C)c1N(CC)Cc1ccccc1. The lowest BCUT2D eigenvalue weighted by Gasteiger charge is -2.25. The largest absolute Gasteiger partial charge is 0.353 e. The van der Waals surface area contributed by atoms with Crippen LogP contribution in [-0.2, 0) is 20.1 Å². The second-order valence-electron chi connectivity index (χ2n) is 5.29. The highest BCUT2D eigenvalue weighted by atomic mass is 15.4. The quantitative estimate of drug-likeness (QED) is 0.849. The molecule has 0 bridgehead atoms. The van der Waals surface area contributed by atoms with Gasteiger partial charge in [-0.15, -0.1) is 0 Å². The van der Waals surface area contributed by atoms with Gasteiger partial charge in [-0.1, -0.05) is 37.3 Å². The van der Waals surface area contributed by atoms with Crippen molar-refractivity contribution in [3.05, 3.63) is 47.2 Å². The molecular weight excluding hydrogens is 260 g/mol. The van der Waals surface area contributed by atoms with Crippen LogP contribution in [0.4, 0.5) is 5.82 Å². The predicted octanol–water partition coefficient (Wildman–Crippen LogP) is 2.86. The fourth-order valence-electron chi connectivity index (χ4n) is 2.68. The van der Waals surface area contributed by atoms with Crippen molar-refractivity contribution >= 4 is 5.82 Å². The summed E-state index contributed by atoms with van der Waals surface area (Å²) >= 11 is 0. The normalized spacial score (nSPS) is 10.9. The lowest BCUT2D eigenvalue weighted by Crippen LogP contribution is -2.26. The summed E-state index contributed by atoms with van der Waals surface area (Å²) in [6.45, 7) is 10.1. The van der Waals surface area contributed by atoms with Crippen LogP contribution in [0.3, 0.4) is 0 Å². The summed E-state index contributed by atoms with van der Waals surface area (Å²) in [5.74, 6) is 1.22. The standard InChI is InChI=1S/C17H26N4/c1-5-18-12-16-14(3)19-20(4)17(16)21(6-2)13-15-10-8-7-9-11-15/h7-11,18H,5-6,12-13H2,1-4H3. The van der Waals surface area contributed by atoms with E-state index in [1.165, 1.54) is 16.9 Å². The first-order valence-corrected chi connectivity index (χ1v) is 7.69. The molecule has 1 N–H and O–H groups in total. The zero-order valence-electron chi connectivity index (χ0n) is 13.6. The van der Waals surface area contributed by atoms with E-state index in [0.717, 1.165) is 31.9 Å². The van der Waals surface area contributed by atoms with E-state index in [9.17, 15) is 0 Å². The molecule has 1 aromatic carbocycles. The Kier molecular flexibility index (Phi) is 5.39. The molecule has 0 saturated carbocycles. The first-order valence-electron chi connectivity index (χ1n) is 7.69. The summed E-state index contributed by atoms with van der Waals surface area (Å²) in [6.07, 6.45) is 0. The van der Waals surface area contributed by atoms with Crippen molar-refractivity contribution in [2.45, 2.75) is 33.9 Å². The highest BCUT2D eigenvalue weighted by Gasteiger charge is 2.18. The van der Waals surface area contributed by atoms with Crippen LogP contribution in [-0.4, -0.2) is 22.9 Å². The number of anilines is 1. The van der Waals surface area contributed by atoms with Crippen molar-refractivity contribution in [2.24, 2.45) is 7.05 Å². The van der Waals surface area contributed by atoms with Crippen LogP contribution >= 0.6 is 0 Å². The van der Waals surface area contributed by atoms with Crippen LogP contribution in [0, 0.1) is 6.92 Å². The molecule has 4 nitrogen and oxygen atoms in total. The Hall–Kier alpha value is -1.81. The Bertz CT molecular complexity index is 560. The third-order valence-corrected chi connectivity index (χ3v) is 3.76. The van der Waals surface area contributed by atoms with Gasteiger partial charge in [0.2, 0.25) is 0 Å². The van der Waals surface area contributed by atoms with Crippen LogP contribution in [0.2, 0.25) is 0 Å². The van der Waals surface area contributed by atoms with Crippen molar-refractivity contribution in [2.75, 3.05) is 18.0 Å². The molecule has 0 aliphatic rings. The number of hydrogen-bond acceptors (Lipinski definition) is 3. The van der Waals surface area contributed by atoms with Gasteiger partial charge in [0.15, 0.2) is 0 Å². The van der Waals surface area contributed by atoms with E-state index < -0.39 is 0 Å². The third kappa shape index (κ3) is 3.64. The van der Waals surface area contributed by atoms with Crippen molar-refractivity contribution in [1.29, 1.82) is 0 Å². The average Bonchev–Trinajstić information content (AvgIpc) is 2.77. The minimum atomic E-state index is 0.872. The summed E-state index contributed by atoms with van der Waals surface area (Å²) in [5, 5.41) is 8.03. The molecule has 0 radical (unpaired) electrons. The smallest absolute Gasteiger partial charge is 0.131 e. The minimum absolute atomic E-state index is 0.872. The molecule has 0 atom stereocenters. The molecule has 21 heavy (non-hydrogen) atoms. The average molecular weight is 286 g/mol. The highest BCUT2D eigenvalue weighted by Crippen LogP contribution is 2.24. The van der Waals surface area contributed by atoms with Gasteiger partial charge >= 0.3 is 0 Å². The molecule has 0 amide bonds. The van der Waals surface area contributed by atoms with Crippen LogP contribution in [0.5, 0.6) is 0 Å². The topological polar surface area (TPSA) is 33.1 Å². The molecule has 0 unspecified atom stereocenters. The Morgan fingerprint density at radius 2 is 1.90 bits per heavy atom.